The number of phenolic OH excluding ortho intramolecular Hbond substituents is 2. The molecule has 6 heteroatoms. The predicted octanol–water partition coefficient (Wildman–Crippen LogP) is 5.96. The SMILES string of the molecule is C=CC(=O)Oc1c2cccc1Cc1cccc(c1O)Cc1cccc(c1OC(=O)C=C)Cc1cccc(c1O)C2. The first-order valence-electron chi connectivity index (χ1n) is 12.9. The molecule has 5 rings (SSSR count). The molecule has 0 heterocycles. The van der Waals surface area contributed by atoms with Gasteiger partial charge in [0.15, 0.2) is 0 Å². The van der Waals surface area contributed by atoms with Crippen LogP contribution in [0, 0.1) is 0 Å². The van der Waals surface area contributed by atoms with Gasteiger partial charge in [0.2, 0.25) is 0 Å². The van der Waals surface area contributed by atoms with Crippen molar-refractivity contribution in [2.24, 2.45) is 0 Å². The first-order valence-corrected chi connectivity index (χ1v) is 12.9. The van der Waals surface area contributed by atoms with Gasteiger partial charge in [-0.2, -0.15) is 0 Å². The van der Waals surface area contributed by atoms with Crippen LogP contribution in [0.5, 0.6) is 23.0 Å². The summed E-state index contributed by atoms with van der Waals surface area (Å²) in [6.45, 7) is 7.05. The quantitative estimate of drug-likeness (QED) is 0.169. The monoisotopic (exact) mass is 532 g/mol. The lowest BCUT2D eigenvalue weighted by Gasteiger charge is -2.19. The fourth-order valence-corrected chi connectivity index (χ4v) is 5.06. The average Bonchev–Trinajstić information content (AvgIpc) is 2.95. The van der Waals surface area contributed by atoms with Crippen LogP contribution in [0.25, 0.3) is 0 Å². The molecule has 8 bridgehead atoms. The van der Waals surface area contributed by atoms with Gasteiger partial charge in [0.05, 0.1) is 0 Å². The van der Waals surface area contributed by atoms with E-state index in [-0.39, 0.29) is 37.2 Å². The smallest absolute Gasteiger partial charge is 0.335 e. The summed E-state index contributed by atoms with van der Waals surface area (Å²) in [7, 11) is 0. The molecule has 2 N–H and O–H groups in total. The normalized spacial score (nSPS) is 12.2. The van der Waals surface area contributed by atoms with Crippen molar-refractivity contribution in [3.63, 3.8) is 0 Å². The highest BCUT2D eigenvalue weighted by atomic mass is 16.5. The molecule has 0 spiro atoms. The van der Waals surface area contributed by atoms with Gasteiger partial charge < -0.3 is 19.7 Å². The molecule has 0 amide bonds. The van der Waals surface area contributed by atoms with Crippen molar-refractivity contribution >= 4 is 11.9 Å². The van der Waals surface area contributed by atoms with Crippen molar-refractivity contribution in [3.8, 4) is 23.0 Å². The van der Waals surface area contributed by atoms with Crippen molar-refractivity contribution in [2.75, 3.05) is 0 Å². The second-order valence-electron chi connectivity index (χ2n) is 9.62. The minimum atomic E-state index is -0.598. The summed E-state index contributed by atoms with van der Waals surface area (Å²) >= 11 is 0. The molecule has 1 aliphatic rings. The summed E-state index contributed by atoms with van der Waals surface area (Å²) in [5.74, 6) is -0.236. The first kappa shape index (κ1) is 26.5. The zero-order chi connectivity index (χ0) is 28.2. The minimum Gasteiger partial charge on any atom is -0.507 e. The van der Waals surface area contributed by atoms with E-state index in [1.807, 2.05) is 72.8 Å². The van der Waals surface area contributed by atoms with Crippen LogP contribution >= 0.6 is 0 Å². The number of carbonyl (C=O) groups excluding carboxylic acids is 2. The second-order valence-corrected chi connectivity index (χ2v) is 9.62. The Kier molecular flexibility index (Phi) is 7.51. The van der Waals surface area contributed by atoms with E-state index in [2.05, 4.69) is 13.2 Å². The van der Waals surface area contributed by atoms with E-state index >= 15 is 0 Å². The maximum Gasteiger partial charge on any atom is 0.335 e. The summed E-state index contributed by atoms with van der Waals surface area (Å²) in [6.07, 6.45) is 3.37. The Morgan fingerprint density at radius 1 is 0.525 bits per heavy atom. The third-order valence-electron chi connectivity index (χ3n) is 7.02. The molecule has 200 valence electrons. The molecular weight excluding hydrogens is 504 g/mol. The van der Waals surface area contributed by atoms with Gasteiger partial charge in [0.1, 0.15) is 23.0 Å². The molecule has 0 unspecified atom stereocenters. The molecule has 0 radical (unpaired) electrons. The van der Waals surface area contributed by atoms with E-state index < -0.39 is 11.9 Å². The van der Waals surface area contributed by atoms with Crippen LogP contribution in [-0.4, -0.2) is 22.2 Å². The molecule has 0 atom stereocenters. The third kappa shape index (κ3) is 5.38. The average molecular weight is 533 g/mol. The number of phenols is 2. The van der Waals surface area contributed by atoms with Crippen molar-refractivity contribution in [3.05, 3.63) is 143 Å². The number of esters is 2. The van der Waals surface area contributed by atoms with Crippen LogP contribution in [0.4, 0.5) is 0 Å². The molecular formula is C34H28O6. The number of para-hydroxylation sites is 4. The van der Waals surface area contributed by atoms with Crippen LogP contribution < -0.4 is 9.47 Å². The summed E-state index contributed by atoms with van der Waals surface area (Å²) < 4.78 is 11.4. The molecule has 1 aliphatic carbocycles. The zero-order valence-electron chi connectivity index (χ0n) is 21.9. The largest absolute Gasteiger partial charge is 0.507 e. The molecule has 0 saturated heterocycles. The lowest BCUT2D eigenvalue weighted by molar-refractivity contribution is -0.129. The number of hydrogen-bond acceptors (Lipinski definition) is 6. The van der Waals surface area contributed by atoms with Crippen molar-refractivity contribution in [1.82, 2.24) is 0 Å². The topological polar surface area (TPSA) is 93.1 Å². The van der Waals surface area contributed by atoms with Crippen LogP contribution in [0.3, 0.4) is 0 Å². The Labute approximate surface area is 232 Å². The fraction of sp³-hybridized carbons (Fsp3) is 0.118. The highest BCUT2D eigenvalue weighted by molar-refractivity contribution is 5.84. The highest BCUT2D eigenvalue weighted by Crippen LogP contribution is 2.38. The highest BCUT2D eigenvalue weighted by Gasteiger charge is 2.21. The summed E-state index contributed by atoms with van der Waals surface area (Å²) in [5, 5.41) is 22.6. The van der Waals surface area contributed by atoms with Crippen molar-refractivity contribution in [1.29, 1.82) is 0 Å². The molecule has 4 aromatic rings. The third-order valence-corrected chi connectivity index (χ3v) is 7.02. The van der Waals surface area contributed by atoms with Gasteiger partial charge >= 0.3 is 11.9 Å². The van der Waals surface area contributed by atoms with E-state index in [9.17, 15) is 19.8 Å². The molecule has 0 aliphatic heterocycles. The van der Waals surface area contributed by atoms with Gasteiger partial charge in [0.25, 0.3) is 0 Å². The first-order chi connectivity index (χ1) is 19.4. The van der Waals surface area contributed by atoms with E-state index in [1.54, 1.807) is 0 Å². The lowest BCUT2D eigenvalue weighted by atomic mass is 9.91. The fourth-order valence-electron chi connectivity index (χ4n) is 5.06. The van der Waals surface area contributed by atoms with Crippen LogP contribution in [0.2, 0.25) is 0 Å². The Balaban J connectivity index is 1.73. The molecule has 0 fully saturated rings. The van der Waals surface area contributed by atoms with Crippen LogP contribution in [0.15, 0.2) is 98.1 Å². The molecule has 6 nitrogen and oxygen atoms in total. The lowest BCUT2D eigenvalue weighted by Crippen LogP contribution is -2.10. The van der Waals surface area contributed by atoms with Gasteiger partial charge in [-0.1, -0.05) is 86.0 Å². The summed E-state index contributed by atoms with van der Waals surface area (Å²) in [5.41, 5.74) is 5.37. The standard InChI is InChI=1S/C34H28O6/c1-3-29(35)39-33-25-13-7-14-26(33)18-22-10-6-12-24(32(22)38)20-28-16-8-15-27(34(28)40-30(36)4-2)19-23-11-5-9-21(17-25)31(23)37/h3-16,37-38H,1-2,17-20H2. The number of benzene rings is 4. The molecule has 4 aromatic carbocycles. The second kappa shape index (κ2) is 11.3. The van der Waals surface area contributed by atoms with Gasteiger partial charge in [-0.25, -0.2) is 9.59 Å². The van der Waals surface area contributed by atoms with E-state index in [0.29, 0.717) is 56.0 Å². The number of ether oxygens (including phenoxy) is 2. The van der Waals surface area contributed by atoms with Crippen LogP contribution in [-0.2, 0) is 35.3 Å². The number of rotatable bonds is 4. The number of aromatic hydroxyl groups is 2. The Hall–Kier alpha value is -5.10. The molecule has 40 heavy (non-hydrogen) atoms. The maximum absolute atomic E-state index is 12.3. The predicted molar refractivity (Wildman–Crippen MR) is 152 cm³/mol. The zero-order valence-corrected chi connectivity index (χ0v) is 21.9. The number of hydrogen-bond donors (Lipinski definition) is 2. The van der Waals surface area contributed by atoms with Gasteiger partial charge in [-0.15, -0.1) is 0 Å². The van der Waals surface area contributed by atoms with Gasteiger partial charge in [-0.3, -0.25) is 0 Å². The molecule has 0 aromatic heterocycles. The van der Waals surface area contributed by atoms with E-state index in [1.165, 1.54) is 0 Å². The Morgan fingerprint density at radius 2 is 0.775 bits per heavy atom. The minimum absolute atomic E-state index is 0.107. The number of carbonyl (C=O) groups is 2. The van der Waals surface area contributed by atoms with Crippen molar-refractivity contribution in [2.45, 2.75) is 25.7 Å². The Bertz CT molecular complexity index is 1440. The van der Waals surface area contributed by atoms with Crippen molar-refractivity contribution < 1.29 is 29.3 Å². The van der Waals surface area contributed by atoms with Crippen LogP contribution in [0.1, 0.15) is 44.5 Å². The maximum atomic E-state index is 12.3. The number of fused-ring (bicyclic) bond motifs is 8. The van der Waals surface area contributed by atoms with E-state index in [4.69, 9.17) is 9.47 Å². The molecule has 0 saturated carbocycles. The van der Waals surface area contributed by atoms with E-state index in [0.717, 1.165) is 12.2 Å². The van der Waals surface area contributed by atoms with Gasteiger partial charge in [0, 0.05) is 37.8 Å². The summed E-state index contributed by atoms with van der Waals surface area (Å²) in [6, 6.07) is 22.1. The van der Waals surface area contributed by atoms with Gasteiger partial charge in [-0.05, 0) is 44.5 Å². The Morgan fingerprint density at radius 3 is 1.02 bits per heavy atom. The summed E-state index contributed by atoms with van der Waals surface area (Å²) in [4.78, 5) is 24.6.